The molecule has 0 atom stereocenters. The van der Waals surface area contributed by atoms with E-state index in [4.69, 9.17) is 4.52 Å². The van der Waals surface area contributed by atoms with Gasteiger partial charge < -0.3 is 14.7 Å². The Labute approximate surface area is 160 Å². The van der Waals surface area contributed by atoms with Gasteiger partial charge in [0, 0.05) is 37.7 Å². The third kappa shape index (κ3) is 5.17. The zero-order chi connectivity index (χ0) is 19.4. The van der Waals surface area contributed by atoms with Crippen LogP contribution < -0.4 is 5.32 Å². The zero-order valence-electron chi connectivity index (χ0n) is 16.7. The van der Waals surface area contributed by atoms with E-state index in [9.17, 15) is 4.79 Å². The molecule has 0 spiro atoms. The SMILES string of the molecule is CCN1CCN(Cc2cc(C(=O)NCc3cc(C(C)(C)C)n[nH]3)no2)CC1. The highest BCUT2D eigenvalue weighted by atomic mass is 16.5. The predicted molar refractivity (Wildman–Crippen MR) is 102 cm³/mol. The van der Waals surface area contributed by atoms with E-state index in [1.807, 2.05) is 6.07 Å². The van der Waals surface area contributed by atoms with Crippen molar-refractivity contribution in [1.29, 1.82) is 0 Å². The molecule has 8 nitrogen and oxygen atoms in total. The lowest BCUT2D eigenvalue weighted by molar-refractivity contribution is 0.0940. The predicted octanol–water partition coefficient (Wildman–Crippen LogP) is 1.76. The number of nitrogens with zero attached hydrogens (tertiary/aromatic N) is 4. The number of aromatic nitrogens is 3. The average molecular weight is 374 g/mol. The molecule has 1 amide bonds. The lowest BCUT2D eigenvalue weighted by Gasteiger charge is -2.33. The summed E-state index contributed by atoms with van der Waals surface area (Å²) < 4.78 is 5.36. The maximum atomic E-state index is 12.3. The highest BCUT2D eigenvalue weighted by molar-refractivity contribution is 5.92. The van der Waals surface area contributed by atoms with Crippen LogP contribution in [0, 0.1) is 0 Å². The minimum Gasteiger partial charge on any atom is -0.359 e. The molecule has 2 aromatic rings. The molecule has 1 aliphatic rings. The Bertz CT molecular complexity index is 752. The molecule has 0 radical (unpaired) electrons. The summed E-state index contributed by atoms with van der Waals surface area (Å²) in [6, 6.07) is 3.71. The second-order valence-corrected chi connectivity index (χ2v) is 8.10. The van der Waals surface area contributed by atoms with Gasteiger partial charge in [-0.25, -0.2) is 0 Å². The second kappa shape index (κ2) is 8.22. The number of nitrogens with one attached hydrogen (secondary N) is 2. The van der Waals surface area contributed by atoms with E-state index in [1.165, 1.54) is 0 Å². The molecule has 8 heteroatoms. The van der Waals surface area contributed by atoms with Gasteiger partial charge in [0.15, 0.2) is 11.5 Å². The smallest absolute Gasteiger partial charge is 0.273 e. The molecule has 27 heavy (non-hydrogen) atoms. The summed E-state index contributed by atoms with van der Waals surface area (Å²) in [6.07, 6.45) is 0. The van der Waals surface area contributed by atoms with Crippen LogP contribution in [0.3, 0.4) is 0 Å². The van der Waals surface area contributed by atoms with Crippen molar-refractivity contribution in [3.8, 4) is 0 Å². The fourth-order valence-corrected chi connectivity index (χ4v) is 3.08. The molecule has 3 rings (SSSR count). The van der Waals surface area contributed by atoms with Gasteiger partial charge in [0.2, 0.25) is 0 Å². The van der Waals surface area contributed by atoms with Crippen LogP contribution in [0.15, 0.2) is 16.7 Å². The van der Waals surface area contributed by atoms with E-state index in [2.05, 4.69) is 58.2 Å². The van der Waals surface area contributed by atoms with Crippen molar-refractivity contribution < 1.29 is 9.32 Å². The minimum atomic E-state index is -0.243. The maximum Gasteiger partial charge on any atom is 0.273 e. The quantitative estimate of drug-likeness (QED) is 0.801. The Kier molecular flexibility index (Phi) is 5.96. The first-order chi connectivity index (χ1) is 12.8. The van der Waals surface area contributed by atoms with Gasteiger partial charge in [-0.3, -0.25) is 14.8 Å². The Morgan fingerprint density at radius 1 is 1.22 bits per heavy atom. The third-order valence-corrected chi connectivity index (χ3v) is 4.92. The Hall–Kier alpha value is -2.19. The molecule has 1 aliphatic heterocycles. The van der Waals surface area contributed by atoms with Crippen molar-refractivity contribution in [3.63, 3.8) is 0 Å². The van der Waals surface area contributed by atoms with Crippen molar-refractivity contribution >= 4 is 5.91 Å². The van der Waals surface area contributed by atoms with E-state index in [0.29, 0.717) is 18.8 Å². The fraction of sp³-hybridized carbons (Fsp3) is 0.632. The first-order valence-electron chi connectivity index (χ1n) is 9.58. The molecule has 1 fully saturated rings. The van der Waals surface area contributed by atoms with Crippen LogP contribution in [0.25, 0.3) is 0 Å². The number of hydrogen-bond acceptors (Lipinski definition) is 6. The van der Waals surface area contributed by atoms with Gasteiger partial charge in [-0.05, 0) is 12.6 Å². The molecule has 3 heterocycles. The van der Waals surface area contributed by atoms with Crippen LogP contribution in [0.2, 0.25) is 0 Å². The highest BCUT2D eigenvalue weighted by Crippen LogP contribution is 2.20. The lowest BCUT2D eigenvalue weighted by atomic mass is 9.92. The number of H-pyrrole nitrogens is 1. The van der Waals surface area contributed by atoms with Gasteiger partial charge in [0.05, 0.1) is 24.5 Å². The maximum absolute atomic E-state index is 12.3. The number of amides is 1. The molecular formula is C19H30N6O2. The number of rotatable bonds is 6. The van der Waals surface area contributed by atoms with Gasteiger partial charge in [-0.2, -0.15) is 5.10 Å². The van der Waals surface area contributed by atoms with Crippen LogP contribution in [-0.2, 0) is 18.5 Å². The number of carbonyl (C=O) groups excluding carboxylic acids is 1. The van der Waals surface area contributed by atoms with Crippen LogP contribution in [0.4, 0.5) is 0 Å². The van der Waals surface area contributed by atoms with E-state index in [0.717, 1.165) is 49.9 Å². The number of hydrogen-bond donors (Lipinski definition) is 2. The molecule has 0 aromatic carbocycles. The van der Waals surface area contributed by atoms with Gasteiger partial charge in [-0.1, -0.05) is 32.9 Å². The summed E-state index contributed by atoms with van der Waals surface area (Å²) in [5.41, 5.74) is 2.12. The normalized spacial score (nSPS) is 16.6. The number of aromatic amines is 1. The number of likely N-dealkylation sites (N-methyl/N-ethyl adjacent to an activating group) is 1. The van der Waals surface area contributed by atoms with Gasteiger partial charge in [-0.15, -0.1) is 0 Å². The molecule has 148 valence electrons. The van der Waals surface area contributed by atoms with Gasteiger partial charge >= 0.3 is 0 Å². The van der Waals surface area contributed by atoms with E-state index < -0.39 is 0 Å². The lowest BCUT2D eigenvalue weighted by Crippen LogP contribution is -2.45. The summed E-state index contributed by atoms with van der Waals surface area (Å²) in [5, 5.41) is 14.0. The highest BCUT2D eigenvalue weighted by Gasteiger charge is 2.20. The summed E-state index contributed by atoms with van der Waals surface area (Å²) in [7, 11) is 0. The summed E-state index contributed by atoms with van der Waals surface area (Å²) in [6.45, 7) is 14.8. The topological polar surface area (TPSA) is 90.3 Å². The first kappa shape index (κ1) is 19.6. The average Bonchev–Trinajstić information content (AvgIpc) is 3.29. The summed E-state index contributed by atoms with van der Waals surface area (Å²) in [4.78, 5) is 17.1. The van der Waals surface area contributed by atoms with Crippen molar-refractivity contribution in [2.24, 2.45) is 0 Å². The third-order valence-electron chi connectivity index (χ3n) is 4.92. The molecule has 2 aromatic heterocycles. The molecule has 0 bridgehead atoms. The minimum absolute atomic E-state index is 0.0254. The van der Waals surface area contributed by atoms with E-state index >= 15 is 0 Å². The molecule has 1 saturated heterocycles. The van der Waals surface area contributed by atoms with Crippen LogP contribution in [0.1, 0.15) is 55.3 Å². The Morgan fingerprint density at radius 2 is 1.93 bits per heavy atom. The molecule has 0 saturated carbocycles. The molecular weight excluding hydrogens is 344 g/mol. The number of piperazine rings is 1. The van der Waals surface area contributed by atoms with Gasteiger partial charge in [0.25, 0.3) is 5.91 Å². The monoisotopic (exact) mass is 374 g/mol. The van der Waals surface area contributed by atoms with E-state index in [1.54, 1.807) is 6.07 Å². The van der Waals surface area contributed by atoms with Crippen LogP contribution in [0.5, 0.6) is 0 Å². The van der Waals surface area contributed by atoms with Crippen LogP contribution in [-0.4, -0.2) is 63.8 Å². The van der Waals surface area contributed by atoms with Crippen molar-refractivity contribution in [2.75, 3.05) is 32.7 Å². The molecule has 0 unspecified atom stereocenters. The summed E-state index contributed by atoms with van der Waals surface area (Å²) >= 11 is 0. The van der Waals surface area contributed by atoms with Crippen molar-refractivity contribution in [3.05, 3.63) is 35.0 Å². The zero-order valence-corrected chi connectivity index (χ0v) is 16.7. The Morgan fingerprint density at radius 3 is 2.56 bits per heavy atom. The van der Waals surface area contributed by atoms with Crippen molar-refractivity contribution in [1.82, 2.24) is 30.5 Å². The first-order valence-corrected chi connectivity index (χ1v) is 9.58. The largest absolute Gasteiger partial charge is 0.359 e. The second-order valence-electron chi connectivity index (χ2n) is 8.10. The van der Waals surface area contributed by atoms with E-state index in [-0.39, 0.29) is 11.3 Å². The Balaban J connectivity index is 1.49. The van der Waals surface area contributed by atoms with Crippen LogP contribution >= 0.6 is 0 Å². The summed E-state index contributed by atoms with van der Waals surface area (Å²) in [5.74, 6) is 0.481. The molecule has 0 aliphatic carbocycles. The molecule has 2 N–H and O–H groups in total. The fourth-order valence-electron chi connectivity index (χ4n) is 3.08. The van der Waals surface area contributed by atoms with Crippen molar-refractivity contribution in [2.45, 2.75) is 46.2 Å². The van der Waals surface area contributed by atoms with Gasteiger partial charge in [0.1, 0.15) is 0 Å². The standard InChI is InChI=1S/C19H30N6O2/c1-5-24-6-8-25(9-7-24)13-15-11-16(23-27-15)18(26)20-12-14-10-17(22-21-14)19(2,3)4/h10-11H,5-9,12-13H2,1-4H3,(H,20,26)(H,21,22). The number of carbonyl (C=O) groups is 1.